The van der Waals surface area contributed by atoms with Crippen LogP contribution in [0.3, 0.4) is 0 Å². The summed E-state index contributed by atoms with van der Waals surface area (Å²) in [5.74, 6) is 1.77. The molecule has 0 atom stereocenters. The van der Waals surface area contributed by atoms with Crippen molar-refractivity contribution in [3.05, 3.63) is 0 Å². The summed E-state index contributed by atoms with van der Waals surface area (Å²) in [7, 11) is 0. The maximum atomic E-state index is 5.51. The second-order valence-electron chi connectivity index (χ2n) is 4.30. The van der Waals surface area contributed by atoms with Crippen LogP contribution in [0.1, 0.15) is 26.7 Å². The van der Waals surface area contributed by atoms with E-state index in [1.807, 2.05) is 0 Å². The van der Waals surface area contributed by atoms with Crippen molar-refractivity contribution >= 4 is 11.9 Å². The number of hydrogen-bond donors (Lipinski definition) is 2. The number of H-pyrrole nitrogens is 1. The number of anilines is 2. The fourth-order valence-electron chi connectivity index (χ4n) is 1.57. The zero-order chi connectivity index (χ0) is 10.1. The number of aromatic amines is 1. The molecule has 0 saturated heterocycles. The molecule has 1 aliphatic rings. The van der Waals surface area contributed by atoms with Gasteiger partial charge in [0, 0.05) is 12.6 Å². The Morgan fingerprint density at radius 3 is 2.71 bits per heavy atom. The Morgan fingerprint density at radius 1 is 1.57 bits per heavy atom. The van der Waals surface area contributed by atoms with Crippen molar-refractivity contribution in [2.75, 3.05) is 17.2 Å². The van der Waals surface area contributed by atoms with Gasteiger partial charge in [-0.2, -0.15) is 4.98 Å². The molecule has 78 valence electrons. The quantitative estimate of drug-likeness (QED) is 0.752. The van der Waals surface area contributed by atoms with Crippen molar-refractivity contribution in [3.63, 3.8) is 0 Å². The van der Waals surface area contributed by atoms with Gasteiger partial charge < -0.3 is 10.6 Å². The van der Waals surface area contributed by atoms with Crippen LogP contribution >= 0.6 is 0 Å². The lowest BCUT2D eigenvalue weighted by Crippen LogP contribution is -2.30. The zero-order valence-electron chi connectivity index (χ0n) is 8.70. The Morgan fingerprint density at radius 2 is 2.29 bits per heavy atom. The molecule has 0 radical (unpaired) electrons. The molecule has 3 N–H and O–H groups in total. The molecule has 5 heteroatoms. The Labute approximate surface area is 83.7 Å². The Balaban J connectivity index is 2.09. The van der Waals surface area contributed by atoms with Crippen LogP contribution in [0, 0.1) is 5.92 Å². The number of nitrogen functional groups attached to an aromatic ring is 1. The topological polar surface area (TPSA) is 70.8 Å². The monoisotopic (exact) mass is 195 g/mol. The highest BCUT2D eigenvalue weighted by atomic mass is 15.4. The maximum absolute atomic E-state index is 5.51. The van der Waals surface area contributed by atoms with Crippen LogP contribution in [0.2, 0.25) is 0 Å². The summed E-state index contributed by atoms with van der Waals surface area (Å²) in [5.41, 5.74) is 5.51. The molecule has 5 nitrogen and oxygen atoms in total. The summed E-state index contributed by atoms with van der Waals surface area (Å²) in [5, 5.41) is 6.78. The molecule has 14 heavy (non-hydrogen) atoms. The van der Waals surface area contributed by atoms with Gasteiger partial charge in [0.25, 0.3) is 0 Å². The molecular formula is C9H17N5. The Bertz CT molecular complexity index is 302. The number of aromatic nitrogens is 3. The predicted octanol–water partition coefficient (Wildman–Crippen LogP) is 1.01. The van der Waals surface area contributed by atoms with Gasteiger partial charge in [-0.05, 0) is 18.8 Å². The van der Waals surface area contributed by atoms with Gasteiger partial charge in [0.05, 0.1) is 0 Å². The molecule has 1 heterocycles. The average molecular weight is 195 g/mol. The van der Waals surface area contributed by atoms with E-state index in [-0.39, 0.29) is 0 Å². The average Bonchev–Trinajstić information content (AvgIpc) is 2.85. The molecule has 1 saturated carbocycles. The van der Waals surface area contributed by atoms with E-state index in [2.05, 4.69) is 33.9 Å². The van der Waals surface area contributed by atoms with Gasteiger partial charge in [0.15, 0.2) is 0 Å². The number of nitrogens with two attached hydrogens (primary N) is 1. The molecular weight excluding hydrogens is 178 g/mol. The molecule has 2 rings (SSSR count). The third-order valence-electron chi connectivity index (χ3n) is 2.30. The lowest BCUT2D eigenvalue weighted by molar-refractivity contribution is 0.598. The van der Waals surface area contributed by atoms with Crippen molar-refractivity contribution in [2.45, 2.75) is 32.7 Å². The highest BCUT2D eigenvalue weighted by molar-refractivity contribution is 5.37. The van der Waals surface area contributed by atoms with E-state index in [4.69, 9.17) is 5.73 Å². The van der Waals surface area contributed by atoms with Crippen molar-refractivity contribution in [1.82, 2.24) is 15.2 Å². The Hall–Kier alpha value is -1.26. The fraction of sp³-hybridized carbons (Fsp3) is 0.778. The minimum atomic E-state index is 0.398. The summed E-state index contributed by atoms with van der Waals surface area (Å²) in [6, 6.07) is 0.632. The van der Waals surface area contributed by atoms with Gasteiger partial charge in [-0.15, -0.1) is 5.10 Å². The summed E-state index contributed by atoms with van der Waals surface area (Å²) in [6.45, 7) is 5.40. The molecule has 1 aromatic rings. The number of rotatable bonds is 4. The van der Waals surface area contributed by atoms with Crippen LogP contribution in [0.4, 0.5) is 11.9 Å². The third kappa shape index (κ3) is 1.97. The lowest BCUT2D eigenvalue weighted by Gasteiger charge is -2.22. The largest absolute Gasteiger partial charge is 0.368 e. The van der Waals surface area contributed by atoms with E-state index in [1.165, 1.54) is 12.8 Å². The van der Waals surface area contributed by atoms with Gasteiger partial charge >= 0.3 is 0 Å². The molecule has 0 amide bonds. The minimum absolute atomic E-state index is 0.398. The van der Waals surface area contributed by atoms with Crippen LogP contribution in [-0.4, -0.2) is 27.8 Å². The van der Waals surface area contributed by atoms with Crippen LogP contribution in [0.5, 0.6) is 0 Å². The first-order valence-corrected chi connectivity index (χ1v) is 5.11. The van der Waals surface area contributed by atoms with Gasteiger partial charge in [-0.3, -0.25) is 0 Å². The molecule has 1 aromatic heterocycles. The molecule has 1 fully saturated rings. The van der Waals surface area contributed by atoms with Gasteiger partial charge in [0.1, 0.15) is 0 Å². The smallest absolute Gasteiger partial charge is 0.246 e. The zero-order valence-corrected chi connectivity index (χ0v) is 8.70. The van der Waals surface area contributed by atoms with E-state index >= 15 is 0 Å². The van der Waals surface area contributed by atoms with E-state index in [1.54, 1.807) is 0 Å². The van der Waals surface area contributed by atoms with Crippen molar-refractivity contribution < 1.29 is 0 Å². The second kappa shape index (κ2) is 3.48. The molecule has 0 spiro atoms. The summed E-state index contributed by atoms with van der Waals surface area (Å²) in [6.07, 6.45) is 2.50. The number of hydrogen-bond acceptors (Lipinski definition) is 4. The van der Waals surface area contributed by atoms with E-state index in [0.29, 0.717) is 17.9 Å². The predicted molar refractivity (Wildman–Crippen MR) is 56.0 cm³/mol. The minimum Gasteiger partial charge on any atom is -0.368 e. The first-order valence-electron chi connectivity index (χ1n) is 5.11. The molecule has 1 aliphatic carbocycles. The summed E-state index contributed by atoms with van der Waals surface area (Å²) in [4.78, 5) is 6.41. The molecule has 0 unspecified atom stereocenters. The SMILES string of the molecule is CC(C)CN(c1n[nH]c(N)n1)C1CC1. The highest BCUT2D eigenvalue weighted by Crippen LogP contribution is 2.30. The highest BCUT2D eigenvalue weighted by Gasteiger charge is 2.31. The van der Waals surface area contributed by atoms with E-state index in [9.17, 15) is 0 Å². The van der Waals surface area contributed by atoms with Crippen LogP contribution in [0.25, 0.3) is 0 Å². The van der Waals surface area contributed by atoms with Crippen LogP contribution < -0.4 is 10.6 Å². The maximum Gasteiger partial charge on any atom is 0.246 e. The fourth-order valence-corrected chi connectivity index (χ4v) is 1.57. The molecule has 0 aromatic carbocycles. The summed E-state index contributed by atoms with van der Waals surface area (Å²) < 4.78 is 0. The van der Waals surface area contributed by atoms with Gasteiger partial charge in [-0.1, -0.05) is 13.8 Å². The van der Waals surface area contributed by atoms with Gasteiger partial charge in [-0.25, -0.2) is 5.10 Å². The van der Waals surface area contributed by atoms with E-state index < -0.39 is 0 Å². The first kappa shape index (κ1) is 9.30. The van der Waals surface area contributed by atoms with Gasteiger partial charge in [0.2, 0.25) is 11.9 Å². The van der Waals surface area contributed by atoms with Crippen molar-refractivity contribution in [2.24, 2.45) is 5.92 Å². The number of nitrogens with one attached hydrogen (secondary N) is 1. The number of nitrogens with zero attached hydrogens (tertiary/aromatic N) is 3. The second-order valence-corrected chi connectivity index (χ2v) is 4.30. The van der Waals surface area contributed by atoms with Crippen molar-refractivity contribution in [3.8, 4) is 0 Å². The molecule has 0 aliphatic heterocycles. The summed E-state index contributed by atoms with van der Waals surface area (Å²) >= 11 is 0. The first-order chi connectivity index (χ1) is 6.66. The third-order valence-corrected chi connectivity index (χ3v) is 2.30. The van der Waals surface area contributed by atoms with E-state index in [0.717, 1.165) is 12.5 Å². The lowest BCUT2D eigenvalue weighted by atomic mass is 10.2. The standard InChI is InChI=1S/C9H17N5/c1-6(2)5-14(7-3-4-7)9-11-8(10)12-13-9/h6-7H,3-5H2,1-2H3,(H3,10,11,12,13). The van der Waals surface area contributed by atoms with Crippen molar-refractivity contribution in [1.29, 1.82) is 0 Å². The normalized spacial score (nSPS) is 16.2. The van der Waals surface area contributed by atoms with Crippen LogP contribution in [0.15, 0.2) is 0 Å². The Kier molecular flexibility index (Phi) is 2.31. The molecule has 0 bridgehead atoms. The van der Waals surface area contributed by atoms with Crippen LogP contribution in [-0.2, 0) is 0 Å².